The number of nitrogens with two attached hydrogens (primary N) is 1. The Hall–Kier alpha value is -3.10. The molecule has 0 aliphatic carbocycles. The second-order valence-electron chi connectivity index (χ2n) is 6.33. The number of amides is 1. The summed E-state index contributed by atoms with van der Waals surface area (Å²) in [6.07, 6.45) is 5.10. The summed E-state index contributed by atoms with van der Waals surface area (Å²) in [5.74, 6) is -0.488. The van der Waals surface area contributed by atoms with Gasteiger partial charge in [0.2, 0.25) is 5.91 Å². The fraction of sp³-hybridized carbons (Fsp3) is 0.150. The molecule has 1 amide bonds. The fourth-order valence-electron chi connectivity index (χ4n) is 3.93. The molecule has 128 valence electrons. The zero-order valence-corrected chi connectivity index (χ0v) is 14.6. The number of rotatable bonds is 3. The average molecular weight is 363 g/mol. The minimum atomic E-state index is -0.692. The van der Waals surface area contributed by atoms with E-state index in [1.54, 1.807) is 30.6 Å². The van der Waals surface area contributed by atoms with Gasteiger partial charge >= 0.3 is 0 Å². The van der Waals surface area contributed by atoms with Crippen LogP contribution in [-0.2, 0) is 12.0 Å². The molecule has 0 saturated carbocycles. The number of nitriles is 1. The summed E-state index contributed by atoms with van der Waals surface area (Å²) in [4.78, 5) is 16.4. The highest BCUT2D eigenvalue weighted by Crippen LogP contribution is 2.47. The van der Waals surface area contributed by atoms with E-state index in [0.717, 1.165) is 29.7 Å². The molecule has 0 spiro atoms. The lowest BCUT2D eigenvalue weighted by molar-refractivity contribution is 0.0998. The van der Waals surface area contributed by atoms with Crippen LogP contribution in [0, 0.1) is 11.3 Å². The van der Waals surface area contributed by atoms with Gasteiger partial charge in [0, 0.05) is 28.0 Å². The van der Waals surface area contributed by atoms with Gasteiger partial charge in [0.15, 0.2) is 0 Å². The van der Waals surface area contributed by atoms with Crippen molar-refractivity contribution in [3.63, 3.8) is 0 Å². The smallest absolute Gasteiger partial charge is 0.249 e. The first-order valence-electron chi connectivity index (χ1n) is 8.19. The highest BCUT2D eigenvalue weighted by molar-refractivity contribution is 6.31. The largest absolute Gasteiger partial charge is 0.366 e. The van der Waals surface area contributed by atoms with Gasteiger partial charge in [-0.15, -0.1) is 0 Å². The van der Waals surface area contributed by atoms with Crippen LogP contribution < -0.4 is 5.73 Å². The van der Waals surface area contributed by atoms with Gasteiger partial charge in [0.05, 0.1) is 23.5 Å². The van der Waals surface area contributed by atoms with Gasteiger partial charge in [-0.05, 0) is 36.6 Å². The molecule has 1 aliphatic rings. The van der Waals surface area contributed by atoms with Crippen LogP contribution in [0.15, 0.2) is 55.0 Å². The average Bonchev–Trinajstić information content (AvgIpc) is 3.25. The van der Waals surface area contributed by atoms with E-state index >= 15 is 0 Å². The number of fused-ring (bicyclic) bond motifs is 1. The predicted molar refractivity (Wildman–Crippen MR) is 97.9 cm³/mol. The Kier molecular flexibility index (Phi) is 3.78. The van der Waals surface area contributed by atoms with E-state index < -0.39 is 11.4 Å². The molecule has 0 saturated heterocycles. The first kappa shape index (κ1) is 16.4. The number of benzene rings is 2. The summed E-state index contributed by atoms with van der Waals surface area (Å²) in [7, 11) is 0. The number of carbonyl (C=O) groups excluding carboxylic acids is 1. The van der Waals surface area contributed by atoms with Gasteiger partial charge < -0.3 is 10.3 Å². The Morgan fingerprint density at radius 2 is 2.08 bits per heavy atom. The molecule has 0 bridgehead atoms. The van der Waals surface area contributed by atoms with Gasteiger partial charge in [-0.1, -0.05) is 35.9 Å². The minimum absolute atomic E-state index is 0.453. The summed E-state index contributed by atoms with van der Waals surface area (Å²) >= 11 is 6.59. The molecule has 2 aromatic carbocycles. The summed E-state index contributed by atoms with van der Waals surface area (Å²) in [5, 5.41) is 9.63. The molecule has 0 radical (unpaired) electrons. The van der Waals surface area contributed by atoms with E-state index in [4.69, 9.17) is 22.6 Å². The number of imidazole rings is 1. The number of aromatic nitrogens is 2. The summed E-state index contributed by atoms with van der Waals surface area (Å²) in [6.45, 7) is 0. The Balaban J connectivity index is 2.07. The predicted octanol–water partition coefficient (Wildman–Crippen LogP) is 3.25. The summed E-state index contributed by atoms with van der Waals surface area (Å²) < 4.78 is 2.06. The van der Waals surface area contributed by atoms with Crippen LogP contribution >= 0.6 is 11.6 Å². The van der Waals surface area contributed by atoms with Gasteiger partial charge in [-0.2, -0.15) is 5.26 Å². The molecule has 1 atom stereocenters. The molecule has 0 fully saturated rings. The van der Waals surface area contributed by atoms with Crippen molar-refractivity contribution in [2.75, 3.05) is 0 Å². The van der Waals surface area contributed by atoms with Crippen molar-refractivity contribution < 1.29 is 4.79 Å². The van der Waals surface area contributed by atoms with Crippen LogP contribution in [-0.4, -0.2) is 15.5 Å². The maximum absolute atomic E-state index is 12.1. The molecule has 5 nitrogen and oxygen atoms in total. The normalized spacial score (nSPS) is 18.3. The number of carbonyl (C=O) groups is 1. The lowest BCUT2D eigenvalue weighted by Gasteiger charge is -2.35. The SMILES string of the molecule is N#Cc1ccc(C2(c3ccccc3C(N)=O)CCc3cncn32)c(Cl)c1. The number of hydrogen-bond donors (Lipinski definition) is 1. The second-order valence-corrected chi connectivity index (χ2v) is 6.74. The van der Waals surface area contributed by atoms with Gasteiger partial charge in [-0.3, -0.25) is 4.79 Å². The monoisotopic (exact) mass is 362 g/mol. The van der Waals surface area contributed by atoms with Crippen LogP contribution in [0.4, 0.5) is 0 Å². The molecule has 3 aromatic rings. The molecule has 26 heavy (non-hydrogen) atoms. The van der Waals surface area contributed by atoms with Crippen molar-refractivity contribution in [2.24, 2.45) is 5.73 Å². The van der Waals surface area contributed by atoms with Crippen LogP contribution in [0.1, 0.15) is 39.2 Å². The summed E-state index contributed by atoms with van der Waals surface area (Å²) in [5.41, 5.74) is 8.58. The quantitative estimate of drug-likeness (QED) is 0.776. The van der Waals surface area contributed by atoms with Crippen molar-refractivity contribution in [2.45, 2.75) is 18.4 Å². The van der Waals surface area contributed by atoms with E-state index in [1.165, 1.54) is 0 Å². The lowest BCUT2D eigenvalue weighted by Crippen LogP contribution is -2.35. The van der Waals surface area contributed by atoms with Crippen molar-refractivity contribution in [3.05, 3.63) is 88.0 Å². The van der Waals surface area contributed by atoms with Crippen molar-refractivity contribution >= 4 is 17.5 Å². The second kappa shape index (κ2) is 6.01. The highest BCUT2D eigenvalue weighted by Gasteiger charge is 2.44. The van der Waals surface area contributed by atoms with E-state index in [-0.39, 0.29) is 0 Å². The van der Waals surface area contributed by atoms with Gasteiger partial charge in [0.1, 0.15) is 0 Å². The van der Waals surface area contributed by atoms with Crippen molar-refractivity contribution in [1.29, 1.82) is 5.26 Å². The van der Waals surface area contributed by atoms with Crippen molar-refractivity contribution in [1.82, 2.24) is 9.55 Å². The van der Waals surface area contributed by atoms with E-state index in [0.29, 0.717) is 16.1 Å². The molecule has 1 unspecified atom stereocenters. The molecular formula is C20H15ClN4O. The van der Waals surface area contributed by atoms with Crippen LogP contribution in [0.2, 0.25) is 5.02 Å². The van der Waals surface area contributed by atoms with Gasteiger partial charge in [-0.25, -0.2) is 4.98 Å². The molecule has 2 N–H and O–H groups in total. The molecule has 1 aromatic heterocycles. The Morgan fingerprint density at radius 1 is 1.27 bits per heavy atom. The maximum atomic E-state index is 12.1. The lowest BCUT2D eigenvalue weighted by atomic mass is 9.78. The van der Waals surface area contributed by atoms with Crippen LogP contribution in [0.25, 0.3) is 0 Å². The van der Waals surface area contributed by atoms with E-state index in [1.807, 2.05) is 24.4 Å². The first-order chi connectivity index (χ1) is 12.6. The zero-order valence-electron chi connectivity index (χ0n) is 13.8. The zero-order chi connectivity index (χ0) is 18.3. The molecule has 4 rings (SSSR count). The Labute approximate surface area is 155 Å². The van der Waals surface area contributed by atoms with Crippen LogP contribution in [0.5, 0.6) is 0 Å². The number of halogens is 1. The standard InChI is InChI=1S/C20H15ClN4O/c21-18-9-13(10-22)5-6-17(18)20(8-7-14-11-24-12-25(14)20)16-4-2-1-3-15(16)19(23)26/h1-6,9,11-12H,7-8H2,(H2,23,26). The number of hydrogen-bond acceptors (Lipinski definition) is 3. The number of nitrogens with zero attached hydrogens (tertiary/aromatic N) is 3. The topological polar surface area (TPSA) is 84.7 Å². The third-order valence-electron chi connectivity index (χ3n) is 5.05. The molecule has 1 aliphatic heterocycles. The number of aryl methyl sites for hydroxylation is 1. The van der Waals surface area contributed by atoms with E-state index in [9.17, 15) is 4.79 Å². The molecule has 2 heterocycles. The number of primary amides is 1. The Morgan fingerprint density at radius 3 is 2.81 bits per heavy atom. The van der Waals surface area contributed by atoms with E-state index in [2.05, 4.69) is 15.6 Å². The maximum Gasteiger partial charge on any atom is 0.249 e. The van der Waals surface area contributed by atoms with Gasteiger partial charge in [0.25, 0.3) is 0 Å². The molecule has 6 heteroatoms. The van der Waals surface area contributed by atoms with Crippen molar-refractivity contribution in [3.8, 4) is 6.07 Å². The third-order valence-corrected chi connectivity index (χ3v) is 5.36. The van der Waals surface area contributed by atoms with Crippen LogP contribution in [0.3, 0.4) is 0 Å². The fourth-order valence-corrected chi connectivity index (χ4v) is 4.27. The molecular weight excluding hydrogens is 348 g/mol. The third kappa shape index (κ3) is 2.23. The highest BCUT2D eigenvalue weighted by atomic mass is 35.5. The Bertz CT molecular complexity index is 1070. The first-order valence-corrected chi connectivity index (χ1v) is 8.57. The summed E-state index contributed by atoms with van der Waals surface area (Å²) in [6, 6.07) is 14.7. The minimum Gasteiger partial charge on any atom is -0.366 e.